The van der Waals surface area contributed by atoms with E-state index in [2.05, 4.69) is 5.32 Å². The van der Waals surface area contributed by atoms with Gasteiger partial charge in [-0.2, -0.15) is 11.8 Å². The van der Waals surface area contributed by atoms with E-state index in [4.69, 9.17) is 4.74 Å². The Balaban J connectivity index is 1.45. The smallest absolute Gasteiger partial charge is 0.247 e. The number of amides is 1. The molecule has 1 N–H and O–H groups in total. The van der Waals surface area contributed by atoms with Crippen molar-refractivity contribution in [3.8, 4) is 5.75 Å². The molecule has 0 aromatic heterocycles. The zero-order valence-electron chi connectivity index (χ0n) is 12.7. The van der Waals surface area contributed by atoms with Crippen LogP contribution in [-0.4, -0.2) is 54.6 Å². The topological polar surface area (TPSA) is 75.7 Å². The van der Waals surface area contributed by atoms with Gasteiger partial charge in [-0.25, -0.2) is 12.7 Å². The maximum Gasteiger partial charge on any atom is 0.247 e. The minimum Gasteiger partial charge on any atom is -0.489 e. The van der Waals surface area contributed by atoms with Crippen LogP contribution in [0.15, 0.2) is 24.3 Å². The van der Waals surface area contributed by atoms with Crippen molar-refractivity contribution < 1.29 is 17.9 Å². The van der Waals surface area contributed by atoms with Gasteiger partial charge in [0.2, 0.25) is 15.9 Å². The normalized spacial score (nSPS) is 32.0. The molecule has 2 atom stereocenters. The number of fused-ring (bicyclic) bond motifs is 1. The second-order valence-corrected chi connectivity index (χ2v) is 9.71. The lowest BCUT2D eigenvalue weighted by Gasteiger charge is -2.25. The quantitative estimate of drug-likeness (QED) is 0.878. The molecule has 2 aliphatic heterocycles. The first-order valence-electron chi connectivity index (χ1n) is 7.55. The number of nitrogens with one attached hydrogen (secondary N) is 1. The minimum absolute atomic E-state index is 0.0868. The lowest BCUT2D eigenvalue weighted by molar-refractivity contribution is -0.116. The molecule has 0 spiro atoms. The molecular weight excluding hydrogens is 336 g/mol. The largest absolute Gasteiger partial charge is 0.489 e. The predicted molar refractivity (Wildman–Crippen MR) is 89.2 cm³/mol. The number of carbonyl (C=O) groups is 1. The number of rotatable bonds is 4. The lowest BCUT2D eigenvalue weighted by Crippen LogP contribution is -2.40. The van der Waals surface area contributed by atoms with Gasteiger partial charge >= 0.3 is 0 Å². The van der Waals surface area contributed by atoms with Crippen molar-refractivity contribution in [2.75, 3.05) is 30.4 Å². The molecule has 3 fully saturated rings. The van der Waals surface area contributed by atoms with Gasteiger partial charge in [-0.05, 0) is 30.7 Å². The number of thioether (sulfide) groups is 1. The molecule has 0 bridgehead atoms. The van der Waals surface area contributed by atoms with Crippen LogP contribution in [0.25, 0.3) is 0 Å². The number of sulfonamides is 1. The van der Waals surface area contributed by atoms with Crippen LogP contribution < -0.4 is 10.1 Å². The number of anilines is 1. The van der Waals surface area contributed by atoms with Gasteiger partial charge in [0.25, 0.3) is 0 Å². The summed E-state index contributed by atoms with van der Waals surface area (Å²) in [6.45, 7) is 0.432. The molecule has 3 aliphatic rings. The number of hydrogen-bond donors (Lipinski definition) is 1. The molecule has 2 unspecified atom stereocenters. The summed E-state index contributed by atoms with van der Waals surface area (Å²) in [6, 6.07) is 7.10. The van der Waals surface area contributed by atoms with Crippen LogP contribution in [0, 0.1) is 5.92 Å². The highest BCUT2D eigenvalue weighted by Crippen LogP contribution is 2.57. The zero-order chi connectivity index (χ0) is 16.2. The molecule has 2 heterocycles. The van der Waals surface area contributed by atoms with Crippen molar-refractivity contribution in [1.29, 1.82) is 0 Å². The van der Waals surface area contributed by atoms with Gasteiger partial charge in [0, 0.05) is 36.7 Å². The van der Waals surface area contributed by atoms with Gasteiger partial charge < -0.3 is 10.1 Å². The molecule has 0 radical (unpaired) electrons. The maximum atomic E-state index is 12.5. The molecule has 4 rings (SSSR count). The Morgan fingerprint density at radius 1 is 1.35 bits per heavy atom. The highest BCUT2D eigenvalue weighted by atomic mass is 32.2. The Kier molecular flexibility index (Phi) is 3.40. The number of ether oxygens (including phenoxy) is 1. The Morgan fingerprint density at radius 2 is 2.04 bits per heavy atom. The van der Waals surface area contributed by atoms with Crippen molar-refractivity contribution in [1.82, 2.24) is 4.31 Å². The van der Waals surface area contributed by atoms with Crippen LogP contribution in [0.3, 0.4) is 0 Å². The molecule has 6 nitrogen and oxygen atoms in total. The molecule has 1 aliphatic carbocycles. The summed E-state index contributed by atoms with van der Waals surface area (Å²) in [6.07, 6.45) is 0.692. The fraction of sp³-hybridized carbons (Fsp3) is 0.533. The van der Waals surface area contributed by atoms with E-state index in [9.17, 15) is 13.2 Å². The van der Waals surface area contributed by atoms with E-state index in [-0.39, 0.29) is 12.0 Å². The third-order valence-corrected chi connectivity index (χ3v) is 8.59. The van der Waals surface area contributed by atoms with E-state index < -0.39 is 20.7 Å². The van der Waals surface area contributed by atoms with Crippen LogP contribution in [0.4, 0.5) is 5.69 Å². The standard InChI is InChI=1S/C15H18N2O4S2/c1-17-7-10-6-15(10,23(17,19)20)14(18)16-11-2-4-12(5-3-11)21-13-8-22-9-13/h2-5,10,13H,6-9H2,1H3,(H,16,18). The van der Waals surface area contributed by atoms with Crippen molar-refractivity contribution in [2.45, 2.75) is 17.3 Å². The van der Waals surface area contributed by atoms with Gasteiger partial charge in [0.05, 0.1) is 0 Å². The summed E-state index contributed by atoms with van der Waals surface area (Å²) >= 11 is 1.85. The Labute approximate surface area is 139 Å². The second-order valence-electron chi connectivity index (χ2n) is 6.33. The number of benzene rings is 1. The number of carbonyl (C=O) groups excluding carboxylic acids is 1. The molecule has 1 saturated carbocycles. The fourth-order valence-corrected chi connectivity index (χ4v) is 5.93. The molecule has 1 aromatic carbocycles. The zero-order valence-corrected chi connectivity index (χ0v) is 14.3. The van der Waals surface area contributed by atoms with Crippen molar-refractivity contribution in [2.24, 2.45) is 5.92 Å². The van der Waals surface area contributed by atoms with Crippen molar-refractivity contribution in [3.05, 3.63) is 24.3 Å². The van der Waals surface area contributed by atoms with Gasteiger partial charge in [0.15, 0.2) is 4.75 Å². The van der Waals surface area contributed by atoms with Gasteiger partial charge in [0.1, 0.15) is 11.9 Å². The summed E-state index contributed by atoms with van der Waals surface area (Å²) < 4.78 is 30.5. The van der Waals surface area contributed by atoms with Crippen molar-refractivity contribution in [3.63, 3.8) is 0 Å². The fourth-order valence-electron chi connectivity index (χ4n) is 3.25. The molecule has 124 valence electrons. The van der Waals surface area contributed by atoms with E-state index in [0.29, 0.717) is 18.7 Å². The van der Waals surface area contributed by atoms with Crippen LogP contribution in [-0.2, 0) is 14.8 Å². The van der Waals surface area contributed by atoms with Crippen LogP contribution in [0.2, 0.25) is 0 Å². The first kappa shape index (κ1) is 15.3. The van der Waals surface area contributed by atoms with Gasteiger partial charge in [-0.15, -0.1) is 0 Å². The maximum absolute atomic E-state index is 12.5. The van der Waals surface area contributed by atoms with E-state index in [1.165, 1.54) is 11.4 Å². The number of hydrogen-bond acceptors (Lipinski definition) is 5. The highest BCUT2D eigenvalue weighted by Gasteiger charge is 2.74. The van der Waals surface area contributed by atoms with E-state index in [0.717, 1.165) is 17.3 Å². The van der Waals surface area contributed by atoms with Crippen LogP contribution in [0.5, 0.6) is 5.75 Å². The van der Waals surface area contributed by atoms with E-state index >= 15 is 0 Å². The molecule has 1 aromatic rings. The molecule has 23 heavy (non-hydrogen) atoms. The summed E-state index contributed by atoms with van der Waals surface area (Å²) in [5.74, 6) is 2.28. The average Bonchev–Trinajstić information content (AvgIpc) is 3.16. The molecule has 2 saturated heterocycles. The Morgan fingerprint density at radius 3 is 2.57 bits per heavy atom. The van der Waals surface area contributed by atoms with Crippen molar-refractivity contribution >= 4 is 33.4 Å². The molecule has 8 heteroatoms. The first-order chi connectivity index (χ1) is 10.9. The molecular formula is C15H18N2O4S2. The predicted octanol–water partition coefficient (Wildman–Crippen LogP) is 1.15. The van der Waals surface area contributed by atoms with Gasteiger partial charge in [-0.1, -0.05) is 0 Å². The second kappa shape index (κ2) is 5.12. The Bertz CT molecular complexity index is 745. The van der Waals surface area contributed by atoms with Crippen LogP contribution >= 0.6 is 11.8 Å². The average molecular weight is 354 g/mol. The van der Waals surface area contributed by atoms with Crippen LogP contribution in [0.1, 0.15) is 6.42 Å². The minimum atomic E-state index is -3.54. The van der Waals surface area contributed by atoms with E-state index in [1.807, 2.05) is 11.8 Å². The van der Waals surface area contributed by atoms with Gasteiger partial charge in [-0.3, -0.25) is 4.79 Å². The summed E-state index contributed by atoms with van der Waals surface area (Å²) in [5, 5.41) is 2.75. The third-order valence-electron chi connectivity index (χ3n) is 4.80. The summed E-state index contributed by atoms with van der Waals surface area (Å²) in [5.41, 5.74) is 0.593. The summed E-state index contributed by atoms with van der Waals surface area (Å²) in [7, 11) is -2.01. The highest BCUT2D eigenvalue weighted by molar-refractivity contribution is 8.00. The molecule has 1 amide bonds. The van der Waals surface area contributed by atoms with E-state index in [1.54, 1.807) is 24.3 Å². The monoisotopic (exact) mass is 354 g/mol. The Hall–Kier alpha value is -1.25. The lowest BCUT2D eigenvalue weighted by atomic mass is 10.2. The first-order valence-corrected chi connectivity index (χ1v) is 10.1. The SMILES string of the molecule is CN1CC2CC2(C(=O)Nc2ccc(OC3CSC3)cc2)S1(=O)=O. The summed E-state index contributed by atoms with van der Waals surface area (Å²) in [4.78, 5) is 12.5. The third kappa shape index (κ3) is 2.27. The number of nitrogens with zero attached hydrogens (tertiary/aromatic N) is 1.